The average Bonchev–Trinajstić information content (AvgIpc) is 4.31. The van der Waals surface area contributed by atoms with Crippen molar-refractivity contribution >= 4 is 46.6 Å². The number of anilines is 1. The number of carbonyl (C=O) groups excluding carboxylic acids is 5. The number of thiazole rings is 1. The molecule has 3 aromatic heterocycles. The van der Waals surface area contributed by atoms with E-state index in [2.05, 4.69) is 51.7 Å². The van der Waals surface area contributed by atoms with Crippen LogP contribution in [0.5, 0.6) is 0 Å². The summed E-state index contributed by atoms with van der Waals surface area (Å²) in [7, 11) is 0. The highest BCUT2D eigenvalue weighted by Crippen LogP contribution is 2.29. The molecule has 4 heterocycles. The van der Waals surface area contributed by atoms with Gasteiger partial charge in [0.05, 0.1) is 41.9 Å². The van der Waals surface area contributed by atoms with E-state index in [1.165, 1.54) is 17.3 Å². The number of unbranched alkanes of at least 4 members (excludes halogenated alkanes) is 2. The molecule has 0 aliphatic carbocycles. The van der Waals surface area contributed by atoms with E-state index in [0.29, 0.717) is 62.0 Å². The van der Waals surface area contributed by atoms with Gasteiger partial charge in [0, 0.05) is 75.2 Å². The van der Waals surface area contributed by atoms with E-state index in [1.807, 2.05) is 56.5 Å². The summed E-state index contributed by atoms with van der Waals surface area (Å²) in [4.78, 5) is 81.2. The molecular formula is C56H68F2N12O8S. The monoisotopic (exact) mass is 1110 g/mol. The molecule has 6 N–H and O–H groups in total. The molecular weight excluding hydrogens is 1040 g/mol. The second-order valence-corrected chi connectivity index (χ2v) is 21.0. The van der Waals surface area contributed by atoms with Crippen molar-refractivity contribution in [2.45, 2.75) is 111 Å². The maximum atomic E-state index is 14.1. The van der Waals surface area contributed by atoms with Crippen LogP contribution < -0.4 is 26.6 Å². The highest BCUT2D eigenvalue weighted by atomic mass is 32.1. The van der Waals surface area contributed by atoms with Crippen molar-refractivity contribution in [2.75, 3.05) is 44.8 Å². The van der Waals surface area contributed by atoms with Crippen molar-refractivity contribution in [1.29, 1.82) is 0 Å². The number of amides is 5. The van der Waals surface area contributed by atoms with Crippen molar-refractivity contribution in [3.63, 3.8) is 0 Å². The first-order valence-electron chi connectivity index (χ1n) is 26.3. The molecule has 0 spiro atoms. The third-order valence-electron chi connectivity index (χ3n) is 13.1. The fourth-order valence-electron chi connectivity index (χ4n) is 8.82. The highest BCUT2D eigenvalue weighted by Gasteiger charge is 2.44. The molecule has 1 aliphatic rings. The zero-order valence-corrected chi connectivity index (χ0v) is 45.6. The minimum atomic E-state index is -0.989. The largest absolute Gasteiger partial charge is 0.391 e. The van der Waals surface area contributed by atoms with Gasteiger partial charge in [0.2, 0.25) is 23.6 Å². The zero-order valence-electron chi connectivity index (χ0n) is 44.8. The Morgan fingerprint density at radius 3 is 2.34 bits per heavy atom. The van der Waals surface area contributed by atoms with Gasteiger partial charge in [0.25, 0.3) is 5.91 Å². The Morgan fingerprint density at radius 1 is 0.835 bits per heavy atom. The summed E-state index contributed by atoms with van der Waals surface area (Å²) in [5, 5.41) is 33.9. The Balaban J connectivity index is 0.759. The molecule has 23 heteroatoms. The standard InChI is InChI=1S/C56H68F2N12O8S/c1-36-50(79-35-65-36)38-18-16-37(17-19-38)29-62-54(75)46-28-41(71)32-70(46)55(76)51(56(2,3)4)66-49(73)33-78-26-25-77-24-7-5-6-15-48(72)60-21-10-23-69-47(67-68-52(69)45-20-22-59-34-64-45)31-61-40-12-8-11-39(27-40)53(74)63-30-42-43(57)13-9-14-44(42)58/h8-9,11-14,16-20,22,27,34-35,41,46,51,61,71H,5-7,10,15,21,23-26,28-33H2,1-4H3,(H,60,72)(H,62,75)(H,63,74)(H,66,73)/t41-,46+,51?/m1/s1. The molecule has 7 rings (SSSR count). The lowest BCUT2D eigenvalue weighted by molar-refractivity contribution is -0.144. The van der Waals surface area contributed by atoms with Crippen molar-refractivity contribution in [3.8, 4) is 22.0 Å². The van der Waals surface area contributed by atoms with E-state index in [1.54, 1.807) is 53.4 Å². The Morgan fingerprint density at radius 2 is 1.61 bits per heavy atom. The summed E-state index contributed by atoms with van der Waals surface area (Å²) in [5.41, 5.74) is 5.18. The predicted octanol–water partition coefficient (Wildman–Crippen LogP) is 5.90. The van der Waals surface area contributed by atoms with Gasteiger partial charge in [-0.1, -0.05) is 63.6 Å². The molecule has 79 heavy (non-hydrogen) atoms. The van der Waals surface area contributed by atoms with Gasteiger partial charge in [-0.05, 0) is 79.1 Å². The lowest BCUT2D eigenvalue weighted by atomic mass is 9.85. The minimum absolute atomic E-state index is 0.0357. The SMILES string of the molecule is Cc1ncsc1-c1ccc(CNC(=O)[C@@H]2C[C@@H](O)CN2C(=O)C(NC(=O)COCCOCCCCCC(=O)NCCCn2c(CNc3cccc(C(=O)NCc4c(F)cccc4F)c3)nnc2-c2ccncn2)C(C)(C)C)cc1. The third kappa shape index (κ3) is 17.2. The number of benzene rings is 3. The molecule has 0 radical (unpaired) electrons. The number of aromatic nitrogens is 6. The van der Waals surface area contributed by atoms with Crippen LogP contribution in [0.2, 0.25) is 0 Å². The smallest absolute Gasteiger partial charge is 0.251 e. The number of likely N-dealkylation sites (tertiary alicyclic amines) is 1. The van der Waals surface area contributed by atoms with Gasteiger partial charge in [-0.25, -0.2) is 23.7 Å². The van der Waals surface area contributed by atoms with Crippen LogP contribution in [0.15, 0.2) is 90.8 Å². The molecule has 420 valence electrons. The van der Waals surface area contributed by atoms with Crippen LogP contribution in [0, 0.1) is 24.0 Å². The second-order valence-electron chi connectivity index (χ2n) is 20.1. The van der Waals surface area contributed by atoms with E-state index in [0.717, 1.165) is 46.7 Å². The zero-order chi connectivity index (χ0) is 56.3. The summed E-state index contributed by atoms with van der Waals surface area (Å²) < 4.78 is 41.4. The fraction of sp³-hybridized carbons (Fsp3) is 0.429. The van der Waals surface area contributed by atoms with E-state index in [9.17, 15) is 37.9 Å². The average molecular weight is 1110 g/mol. The van der Waals surface area contributed by atoms with Crippen LogP contribution in [-0.4, -0.2) is 127 Å². The molecule has 1 unspecified atom stereocenters. The molecule has 0 bridgehead atoms. The number of β-amino-alcohol motifs (C(OH)–C–C–N with tert-alkyl or cyclic N) is 1. The number of carbonyl (C=O) groups is 5. The van der Waals surface area contributed by atoms with Gasteiger partial charge in [0.1, 0.15) is 42.3 Å². The molecule has 3 atom stereocenters. The van der Waals surface area contributed by atoms with E-state index >= 15 is 0 Å². The summed E-state index contributed by atoms with van der Waals surface area (Å²) in [6.07, 6.45) is 5.27. The Hall–Kier alpha value is -7.60. The lowest BCUT2D eigenvalue weighted by Crippen LogP contribution is -2.58. The number of rotatable bonds is 28. The molecule has 3 aromatic carbocycles. The van der Waals surface area contributed by atoms with Crippen LogP contribution in [-0.2, 0) is 54.8 Å². The van der Waals surface area contributed by atoms with Gasteiger partial charge >= 0.3 is 0 Å². The topological polar surface area (TPSA) is 257 Å². The van der Waals surface area contributed by atoms with Gasteiger partial charge in [-0.2, -0.15) is 0 Å². The number of halogens is 2. The quantitative estimate of drug-likeness (QED) is 0.0313. The number of hydrogen-bond acceptors (Lipinski definition) is 15. The first kappa shape index (κ1) is 59.1. The van der Waals surface area contributed by atoms with Crippen molar-refractivity contribution in [1.82, 2.24) is 55.9 Å². The highest BCUT2D eigenvalue weighted by molar-refractivity contribution is 7.13. The van der Waals surface area contributed by atoms with Crippen LogP contribution >= 0.6 is 11.3 Å². The molecule has 1 fully saturated rings. The lowest BCUT2D eigenvalue weighted by Gasteiger charge is -2.35. The normalized spacial score (nSPS) is 14.6. The van der Waals surface area contributed by atoms with Gasteiger partial charge < -0.3 is 50.6 Å². The molecule has 1 aliphatic heterocycles. The van der Waals surface area contributed by atoms with Gasteiger partial charge in [-0.3, -0.25) is 24.0 Å². The van der Waals surface area contributed by atoms with E-state index in [-0.39, 0.29) is 75.4 Å². The molecule has 1 saturated heterocycles. The van der Waals surface area contributed by atoms with E-state index < -0.39 is 53.0 Å². The first-order valence-corrected chi connectivity index (χ1v) is 27.1. The summed E-state index contributed by atoms with van der Waals surface area (Å²) in [5.74, 6) is -2.32. The van der Waals surface area contributed by atoms with Gasteiger partial charge in [0.15, 0.2) is 11.6 Å². The number of aryl methyl sites for hydroxylation is 1. The molecule has 20 nitrogen and oxygen atoms in total. The number of hydrogen-bond donors (Lipinski definition) is 6. The van der Waals surface area contributed by atoms with Gasteiger partial charge in [-0.15, -0.1) is 21.5 Å². The van der Waals surface area contributed by atoms with Crippen LogP contribution in [0.25, 0.3) is 22.0 Å². The second kappa shape index (κ2) is 28.9. The maximum absolute atomic E-state index is 14.1. The van der Waals surface area contributed by atoms with Crippen molar-refractivity contribution in [2.24, 2.45) is 5.41 Å². The number of aliphatic hydroxyl groups excluding tert-OH is 1. The van der Waals surface area contributed by atoms with Crippen LogP contribution in [0.3, 0.4) is 0 Å². The first-order chi connectivity index (χ1) is 38.0. The number of aliphatic hydroxyl groups is 1. The van der Waals surface area contributed by atoms with Crippen LogP contribution in [0.4, 0.5) is 14.5 Å². The van der Waals surface area contributed by atoms with Crippen LogP contribution in [0.1, 0.15) is 92.3 Å². The maximum Gasteiger partial charge on any atom is 0.251 e. The molecule has 0 saturated carbocycles. The summed E-state index contributed by atoms with van der Waals surface area (Å²) in [6, 6.07) is 17.9. The summed E-state index contributed by atoms with van der Waals surface area (Å²) in [6.45, 7) is 8.92. The van der Waals surface area contributed by atoms with E-state index in [4.69, 9.17) is 9.47 Å². The molecule has 5 amide bonds. The Labute approximate surface area is 461 Å². The third-order valence-corrected chi connectivity index (χ3v) is 14.1. The number of nitrogens with zero attached hydrogens (tertiary/aromatic N) is 7. The molecule has 6 aromatic rings. The Bertz CT molecular complexity index is 2970. The Kier molecular flexibility index (Phi) is 21.6. The number of nitrogens with one attached hydrogen (secondary N) is 5. The van der Waals surface area contributed by atoms with Crippen molar-refractivity contribution < 1.29 is 47.3 Å². The summed E-state index contributed by atoms with van der Waals surface area (Å²) >= 11 is 1.56. The predicted molar refractivity (Wildman–Crippen MR) is 292 cm³/mol. The fourth-order valence-corrected chi connectivity index (χ4v) is 9.64. The minimum Gasteiger partial charge on any atom is -0.391 e. The van der Waals surface area contributed by atoms with Crippen molar-refractivity contribution in [3.05, 3.63) is 131 Å². The number of ether oxygens (including phenoxy) is 2.